The highest BCUT2D eigenvalue weighted by molar-refractivity contribution is 8.00. The molecule has 140 valence electrons. The zero-order valence-corrected chi connectivity index (χ0v) is 16.4. The summed E-state index contributed by atoms with van der Waals surface area (Å²) in [5, 5.41) is 6.05. The largest absolute Gasteiger partial charge is 0.352 e. The average Bonchev–Trinajstić information content (AvgIpc) is 3.17. The van der Waals surface area contributed by atoms with Crippen LogP contribution in [-0.2, 0) is 11.8 Å². The van der Waals surface area contributed by atoms with Gasteiger partial charge in [0.05, 0.1) is 16.2 Å². The van der Waals surface area contributed by atoms with Crippen LogP contribution in [0.15, 0.2) is 46.3 Å². The Balaban J connectivity index is 1.64. The predicted octanol–water partition coefficient (Wildman–Crippen LogP) is 3.63. The average molecular weight is 382 g/mol. The number of rotatable bonds is 4. The molecule has 0 unspecified atom stereocenters. The van der Waals surface area contributed by atoms with E-state index in [4.69, 9.17) is 0 Å². The van der Waals surface area contributed by atoms with Crippen LogP contribution in [0.2, 0.25) is 0 Å². The minimum atomic E-state index is -0.304. The smallest absolute Gasteiger partial charge is 0.261 e. The van der Waals surface area contributed by atoms with Crippen molar-refractivity contribution in [3.63, 3.8) is 0 Å². The Bertz CT molecular complexity index is 1070. The second-order valence-corrected chi connectivity index (χ2v) is 8.53. The van der Waals surface area contributed by atoms with Gasteiger partial charge in [0.25, 0.3) is 5.56 Å². The summed E-state index contributed by atoms with van der Waals surface area (Å²) < 4.78 is 1.54. The highest BCUT2D eigenvalue weighted by atomic mass is 32.2. The van der Waals surface area contributed by atoms with Crippen LogP contribution in [0.25, 0.3) is 21.7 Å². The molecular formula is C21H23N3O2S. The molecule has 1 atom stereocenters. The number of benzene rings is 2. The molecule has 0 aliphatic heterocycles. The maximum atomic E-state index is 12.8. The lowest BCUT2D eigenvalue weighted by Gasteiger charge is -2.17. The van der Waals surface area contributed by atoms with Crippen molar-refractivity contribution in [3.8, 4) is 0 Å². The van der Waals surface area contributed by atoms with Gasteiger partial charge < -0.3 is 5.32 Å². The van der Waals surface area contributed by atoms with Crippen LogP contribution in [0.1, 0.15) is 32.6 Å². The van der Waals surface area contributed by atoms with Gasteiger partial charge in [-0.2, -0.15) is 0 Å². The first-order valence-corrected chi connectivity index (χ1v) is 10.3. The molecular weight excluding hydrogens is 358 g/mol. The molecule has 2 aromatic carbocycles. The second-order valence-electron chi connectivity index (χ2n) is 7.23. The van der Waals surface area contributed by atoms with Gasteiger partial charge in [-0.25, -0.2) is 4.98 Å². The number of fused-ring (bicyclic) bond motifs is 2. The van der Waals surface area contributed by atoms with Crippen molar-refractivity contribution in [3.05, 3.63) is 46.8 Å². The van der Waals surface area contributed by atoms with E-state index in [9.17, 15) is 9.59 Å². The summed E-state index contributed by atoms with van der Waals surface area (Å²) in [6.45, 7) is 1.87. The van der Waals surface area contributed by atoms with E-state index in [1.54, 1.807) is 11.6 Å². The van der Waals surface area contributed by atoms with Gasteiger partial charge >= 0.3 is 0 Å². The van der Waals surface area contributed by atoms with Crippen molar-refractivity contribution in [2.24, 2.45) is 7.05 Å². The first-order chi connectivity index (χ1) is 13.0. The first-order valence-electron chi connectivity index (χ1n) is 9.39. The van der Waals surface area contributed by atoms with E-state index in [0.717, 1.165) is 23.6 Å². The van der Waals surface area contributed by atoms with Crippen LogP contribution in [0.5, 0.6) is 0 Å². The Morgan fingerprint density at radius 1 is 1.22 bits per heavy atom. The fourth-order valence-electron chi connectivity index (χ4n) is 3.64. The SMILES string of the molecule is C[C@H](Sc1nc2cc3ccccc3cc2c(=O)n1C)C(=O)NC1CCCC1. The maximum absolute atomic E-state index is 12.8. The topological polar surface area (TPSA) is 64.0 Å². The van der Waals surface area contributed by atoms with Crippen molar-refractivity contribution in [1.82, 2.24) is 14.9 Å². The van der Waals surface area contributed by atoms with E-state index in [-0.39, 0.29) is 16.7 Å². The second kappa shape index (κ2) is 7.35. The standard InChI is InChI=1S/C21H23N3O2S/c1-13(19(25)22-16-9-5-6-10-16)27-21-23-18-12-15-8-4-3-7-14(15)11-17(18)20(26)24(21)2/h3-4,7-8,11-13,16H,5-6,9-10H2,1-2H3,(H,22,25)/t13-/m0/s1. The lowest BCUT2D eigenvalue weighted by molar-refractivity contribution is -0.120. The minimum absolute atomic E-state index is 0.0137. The number of nitrogens with one attached hydrogen (secondary N) is 1. The number of amides is 1. The summed E-state index contributed by atoms with van der Waals surface area (Å²) in [4.78, 5) is 30.0. The molecule has 1 heterocycles. The molecule has 1 amide bonds. The fraction of sp³-hybridized carbons (Fsp3) is 0.381. The van der Waals surface area contributed by atoms with E-state index in [0.29, 0.717) is 22.1 Å². The summed E-state index contributed by atoms with van der Waals surface area (Å²) in [7, 11) is 1.72. The first kappa shape index (κ1) is 18.0. The Hall–Kier alpha value is -2.34. The molecule has 3 aromatic rings. The van der Waals surface area contributed by atoms with Gasteiger partial charge in [0.15, 0.2) is 5.16 Å². The number of carbonyl (C=O) groups is 1. The highest BCUT2D eigenvalue weighted by Crippen LogP contribution is 2.25. The van der Waals surface area contributed by atoms with Crippen LogP contribution in [0, 0.1) is 0 Å². The molecule has 0 bridgehead atoms. The van der Waals surface area contributed by atoms with Gasteiger partial charge in [-0.1, -0.05) is 48.9 Å². The summed E-state index contributed by atoms with van der Waals surface area (Å²) in [5.74, 6) is 0.0137. The van der Waals surface area contributed by atoms with Crippen molar-refractivity contribution >= 4 is 39.3 Å². The lowest BCUT2D eigenvalue weighted by atomic mass is 10.1. The normalized spacial score (nSPS) is 16.1. The van der Waals surface area contributed by atoms with Gasteiger partial charge in [-0.15, -0.1) is 0 Å². The van der Waals surface area contributed by atoms with Crippen LogP contribution < -0.4 is 10.9 Å². The molecule has 6 heteroatoms. The summed E-state index contributed by atoms with van der Waals surface area (Å²) >= 11 is 1.34. The quantitative estimate of drug-likeness (QED) is 0.426. The third kappa shape index (κ3) is 3.58. The molecule has 27 heavy (non-hydrogen) atoms. The van der Waals surface area contributed by atoms with Gasteiger partial charge in [0.2, 0.25) is 5.91 Å². The Labute approximate surface area is 162 Å². The lowest BCUT2D eigenvalue weighted by Crippen LogP contribution is -2.38. The van der Waals surface area contributed by atoms with E-state index in [1.165, 1.54) is 24.6 Å². The highest BCUT2D eigenvalue weighted by Gasteiger charge is 2.23. The molecule has 1 aliphatic rings. The third-order valence-electron chi connectivity index (χ3n) is 5.26. The Kier molecular flexibility index (Phi) is 4.91. The summed E-state index contributed by atoms with van der Waals surface area (Å²) in [6.07, 6.45) is 4.48. The van der Waals surface area contributed by atoms with E-state index in [2.05, 4.69) is 10.3 Å². The molecule has 5 nitrogen and oxygen atoms in total. The van der Waals surface area contributed by atoms with Crippen LogP contribution >= 0.6 is 11.8 Å². The number of aromatic nitrogens is 2. The summed E-state index contributed by atoms with van der Waals surface area (Å²) in [5.41, 5.74) is 0.583. The van der Waals surface area contributed by atoms with Gasteiger partial charge in [0, 0.05) is 13.1 Å². The van der Waals surface area contributed by atoms with Gasteiger partial charge in [-0.3, -0.25) is 14.2 Å². The van der Waals surface area contributed by atoms with E-state index in [1.807, 2.05) is 43.3 Å². The molecule has 1 N–H and O–H groups in total. The van der Waals surface area contributed by atoms with E-state index >= 15 is 0 Å². The van der Waals surface area contributed by atoms with Crippen molar-refractivity contribution in [2.45, 2.75) is 49.1 Å². The number of hydrogen-bond acceptors (Lipinski definition) is 4. The zero-order chi connectivity index (χ0) is 19.0. The number of carbonyl (C=O) groups excluding carboxylic acids is 1. The fourth-order valence-corrected chi connectivity index (χ4v) is 4.53. The molecule has 4 rings (SSSR count). The predicted molar refractivity (Wildman–Crippen MR) is 110 cm³/mol. The molecule has 1 aromatic heterocycles. The molecule has 0 radical (unpaired) electrons. The Morgan fingerprint density at radius 2 is 1.89 bits per heavy atom. The van der Waals surface area contributed by atoms with Crippen LogP contribution in [-0.4, -0.2) is 26.8 Å². The van der Waals surface area contributed by atoms with Crippen LogP contribution in [0.3, 0.4) is 0 Å². The molecule has 0 spiro atoms. The van der Waals surface area contributed by atoms with Crippen LogP contribution in [0.4, 0.5) is 0 Å². The van der Waals surface area contributed by atoms with Crippen molar-refractivity contribution < 1.29 is 4.79 Å². The Morgan fingerprint density at radius 3 is 2.59 bits per heavy atom. The molecule has 1 aliphatic carbocycles. The van der Waals surface area contributed by atoms with Crippen molar-refractivity contribution in [2.75, 3.05) is 0 Å². The van der Waals surface area contributed by atoms with Crippen molar-refractivity contribution in [1.29, 1.82) is 0 Å². The molecule has 0 saturated heterocycles. The number of thioether (sulfide) groups is 1. The number of hydrogen-bond donors (Lipinski definition) is 1. The van der Waals surface area contributed by atoms with E-state index < -0.39 is 0 Å². The van der Waals surface area contributed by atoms with Gasteiger partial charge in [0.1, 0.15) is 0 Å². The molecule has 1 saturated carbocycles. The number of nitrogens with zero attached hydrogens (tertiary/aromatic N) is 2. The third-order valence-corrected chi connectivity index (χ3v) is 6.40. The minimum Gasteiger partial charge on any atom is -0.352 e. The molecule has 1 fully saturated rings. The maximum Gasteiger partial charge on any atom is 0.261 e. The van der Waals surface area contributed by atoms with Gasteiger partial charge in [-0.05, 0) is 42.7 Å². The zero-order valence-electron chi connectivity index (χ0n) is 15.6. The summed E-state index contributed by atoms with van der Waals surface area (Å²) in [6, 6.07) is 12.1. The monoisotopic (exact) mass is 381 g/mol.